The highest BCUT2D eigenvalue weighted by atomic mass is 35.5. The fourth-order valence-electron chi connectivity index (χ4n) is 2.68. The van der Waals surface area contributed by atoms with Crippen molar-refractivity contribution in [1.29, 1.82) is 0 Å². The van der Waals surface area contributed by atoms with Crippen LogP contribution in [0.5, 0.6) is 0 Å². The maximum atomic E-state index is 5.89. The van der Waals surface area contributed by atoms with E-state index in [0.29, 0.717) is 6.04 Å². The van der Waals surface area contributed by atoms with Crippen LogP contribution in [0.3, 0.4) is 0 Å². The molecule has 0 spiro atoms. The Kier molecular flexibility index (Phi) is 6.13. The summed E-state index contributed by atoms with van der Waals surface area (Å²) in [5.74, 6) is 0.831. The third kappa shape index (κ3) is 3.98. The molecule has 1 fully saturated rings. The summed E-state index contributed by atoms with van der Waals surface area (Å²) in [4.78, 5) is 2.55. The molecule has 0 radical (unpaired) electrons. The predicted octanol–water partition coefficient (Wildman–Crippen LogP) is 2.98. The number of piperidine rings is 1. The second-order valence-corrected chi connectivity index (χ2v) is 5.48. The van der Waals surface area contributed by atoms with E-state index < -0.39 is 0 Å². The number of nitrogens with zero attached hydrogens (tertiary/aromatic N) is 1. The van der Waals surface area contributed by atoms with Gasteiger partial charge in [0.1, 0.15) is 0 Å². The van der Waals surface area contributed by atoms with Crippen molar-refractivity contribution >= 4 is 12.4 Å². The van der Waals surface area contributed by atoms with Crippen molar-refractivity contribution in [3.8, 4) is 0 Å². The van der Waals surface area contributed by atoms with Crippen molar-refractivity contribution in [3.63, 3.8) is 0 Å². The highest BCUT2D eigenvalue weighted by Crippen LogP contribution is 2.23. The summed E-state index contributed by atoms with van der Waals surface area (Å²) in [6.45, 7) is 7.50. The van der Waals surface area contributed by atoms with Crippen molar-refractivity contribution in [2.45, 2.75) is 39.3 Å². The van der Waals surface area contributed by atoms with E-state index in [1.54, 1.807) is 0 Å². The Morgan fingerprint density at radius 3 is 2.56 bits per heavy atom. The first kappa shape index (κ1) is 15.5. The zero-order valence-corrected chi connectivity index (χ0v) is 12.2. The summed E-state index contributed by atoms with van der Waals surface area (Å²) in [7, 11) is 0. The quantitative estimate of drug-likeness (QED) is 0.913. The maximum Gasteiger partial charge on any atom is 0.0237 e. The summed E-state index contributed by atoms with van der Waals surface area (Å²) in [6.07, 6.45) is 2.56. The lowest BCUT2D eigenvalue weighted by atomic mass is 9.92. The number of aryl methyl sites for hydroxylation is 1. The van der Waals surface area contributed by atoms with E-state index in [4.69, 9.17) is 5.73 Å². The summed E-state index contributed by atoms with van der Waals surface area (Å²) < 4.78 is 0. The minimum absolute atomic E-state index is 0. The van der Waals surface area contributed by atoms with Gasteiger partial charge in [-0.1, -0.05) is 36.8 Å². The molecule has 3 heteroatoms. The van der Waals surface area contributed by atoms with Gasteiger partial charge in [0.25, 0.3) is 0 Å². The highest BCUT2D eigenvalue weighted by Gasteiger charge is 2.24. The second kappa shape index (κ2) is 7.13. The molecule has 1 aromatic carbocycles. The zero-order chi connectivity index (χ0) is 12.3. The summed E-state index contributed by atoms with van der Waals surface area (Å²) >= 11 is 0. The van der Waals surface area contributed by atoms with E-state index in [9.17, 15) is 0 Å². The van der Waals surface area contributed by atoms with Gasteiger partial charge in [-0.3, -0.25) is 4.90 Å². The molecule has 2 N–H and O–H groups in total. The molecule has 1 aliphatic heterocycles. The molecule has 2 unspecified atom stereocenters. The Morgan fingerprint density at radius 2 is 1.94 bits per heavy atom. The highest BCUT2D eigenvalue weighted by molar-refractivity contribution is 5.85. The molecular formula is C15H25ClN2. The number of likely N-dealkylation sites (tertiary alicyclic amines) is 1. The van der Waals surface area contributed by atoms with Gasteiger partial charge in [-0.05, 0) is 37.8 Å². The minimum Gasteiger partial charge on any atom is -0.329 e. The number of hydrogen-bond donors (Lipinski definition) is 1. The minimum atomic E-state index is 0. The average Bonchev–Trinajstić information content (AvgIpc) is 2.34. The SMILES string of the molecule is Cc1ccc(CN2CCC(C)CC2CN)cc1.Cl. The zero-order valence-electron chi connectivity index (χ0n) is 11.4. The van der Waals surface area contributed by atoms with E-state index in [-0.39, 0.29) is 12.4 Å². The van der Waals surface area contributed by atoms with E-state index in [1.165, 1.54) is 30.5 Å². The molecule has 18 heavy (non-hydrogen) atoms. The molecule has 0 aromatic heterocycles. The number of hydrogen-bond acceptors (Lipinski definition) is 2. The maximum absolute atomic E-state index is 5.89. The normalized spacial score (nSPS) is 24.6. The van der Waals surface area contributed by atoms with Gasteiger partial charge in [0.15, 0.2) is 0 Å². The van der Waals surface area contributed by atoms with Gasteiger partial charge in [-0.2, -0.15) is 0 Å². The largest absolute Gasteiger partial charge is 0.329 e. The van der Waals surface area contributed by atoms with Gasteiger partial charge in [-0.25, -0.2) is 0 Å². The van der Waals surface area contributed by atoms with Gasteiger partial charge < -0.3 is 5.73 Å². The molecule has 0 amide bonds. The van der Waals surface area contributed by atoms with Crippen LogP contribution in [0.2, 0.25) is 0 Å². The fourth-order valence-corrected chi connectivity index (χ4v) is 2.68. The summed E-state index contributed by atoms with van der Waals surface area (Å²) in [6, 6.07) is 9.43. The van der Waals surface area contributed by atoms with Crippen LogP contribution < -0.4 is 5.73 Å². The van der Waals surface area contributed by atoms with Gasteiger partial charge in [-0.15, -0.1) is 12.4 Å². The van der Waals surface area contributed by atoms with Crippen molar-refractivity contribution in [2.24, 2.45) is 11.7 Å². The average molecular weight is 269 g/mol. The molecule has 2 atom stereocenters. The molecule has 2 rings (SSSR count). The number of benzene rings is 1. The molecule has 0 aliphatic carbocycles. The van der Waals surface area contributed by atoms with Gasteiger partial charge in [0, 0.05) is 19.1 Å². The topological polar surface area (TPSA) is 29.3 Å². The van der Waals surface area contributed by atoms with E-state index in [1.807, 2.05) is 0 Å². The standard InChI is InChI=1S/C15H24N2.ClH/c1-12-3-5-14(6-4-12)11-17-8-7-13(2)9-15(17)10-16;/h3-6,13,15H,7-11,16H2,1-2H3;1H. The second-order valence-electron chi connectivity index (χ2n) is 5.48. The lowest BCUT2D eigenvalue weighted by molar-refractivity contribution is 0.115. The molecule has 1 aromatic rings. The van der Waals surface area contributed by atoms with Crippen molar-refractivity contribution in [3.05, 3.63) is 35.4 Å². The summed E-state index contributed by atoms with van der Waals surface area (Å²) in [5, 5.41) is 0. The van der Waals surface area contributed by atoms with Gasteiger partial charge in [0.05, 0.1) is 0 Å². The Bertz CT molecular complexity index is 350. The van der Waals surface area contributed by atoms with E-state index in [0.717, 1.165) is 19.0 Å². The molecule has 0 bridgehead atoms. The van der Waals surface area contributed by atoms with Crippen LogP contribution in [0.15, 0.2) is 24.3 Å². The number of nitrogens with two attached hydrogens (primary N) is 1. The van der Waals surface area contributed by atoms with Crippen LogP contribution >= 0.6 is 12.4 Å². The summed E-state index contributed by atoms with van der Waals surface area (Å²) in [5.41, 5.74) is 8.63. The third-order valence-electron chi connectivity index (χ3n) is 3.88. The Balaban J connectivity index is 0.00000162. The molecule has 1 heterocycles. The van der Waals surface area contributed by atoms with Crippen molar-refractivity contribution < 1.29 is 0 Å². The first-order valence-electron chi connectivity index (χ1n) is 6.68. The van der Waals surface area contributed by atoms with Crippen LogP contribution in [-0.2, 0) is 6.54 Å². The van der Waals surface area contributed by atoms with Gasteiger partial charge >= 0.3 is 0 Å². The van der Waals surface area contributed by atoms with Crippen LogP contribution in [0.25, 0.3) is 0 Å². The number of rotatable bonds is 3. The van der Waals surface area contributed by atoms with Crippen LogP contribution in [0, 0.1) is 12.8 Å². The molecule has 102 valence electrons. The van der Waals surface area contributed by atoms with Crippen LogP contribution in [0.1, 0.15) is 30.9 Å². The van der Waals surface area contributed by atoms with Crippen LogP contribution in [0.4, 0.5) is 0 Å². The molecule has 1 saturated heterocycles. The smallest absolute Gasteiger partial charge is 0.0237 e. The van der Waals surface area contributed by atoms with E-state index >= 15 is 0 Å². The Hall–Kier alpha value is -0.570. The van der Waals surface area contributed by atoms with E-state index in [2.05, 4.69) is 43.0 Å². The molecule has 0 saturated carbocycles. The first-order chi connectivity index (χ1) is 8.19. The number of halogens is 1. The Morgan fingerprint density at radius 1 is 1.28 bits per heavy atom. The fraction of sp³-hybridized carbons (Fsp3) is 0.600. The monoisotopic (exact) mass is 268 g/mol. The van der Waals surface area contributed by atoms with Crippen LogP contribution in [-0.4, -0.2) is 24.0 Å². The Labute approximate surface area is 117 Å². The van der Waals surface area contributed by atoms with Crippen molar-refractivity contribution in [2.75, 3.05) is 13.1 Å². The van der Waals surface area contributed by atoms with Crippen molar-refractivity contribution in [1.82, 2.24) is 4.90 Å². The lowest BCUT2D eigenvalue weighted by Gasteiger charge is -2.38. The van der Waals surface area contributed by atoms with Gasteiger partial charge in [0.2, 0.25) is 0 Å². The predicted molar refractivity (Wildman–Crippen MR) is 80.1 cm³/mol. The molecule has 2 nitrogen and oxygen atoms in total. The molecule has 1 aliphatic rings. The first-order valence-corrected chi connectivity index (χ1v) is 6.68. The molecular weight excluding hydrogens is 244 g/mol. The third-order valence-corrected chi connectivity index (χ3v) is 3.88. The lowest BCUT2D eigenvalue weighted by Crippen LogP contribution is -2.45.